The number of carbonyl (C=O) groups excluding carboxylic acids is 2. The summed E-state index contributed by atoms with van der Waals surface area (Å²) < 4.78 is 53.6. The molecule has 2 amide bonds. The highest BCUT2D eigenvalue weighted by molar-refractivity contribution is 7.99. The first kappa shape index (κ1) is 36.8. The van der Waals surface area contributed by atoms with Gasteiger partial charge in [-0.05, 0) is 104 Å². The highest BCUT2D eigenvalue weighted by atomic mass is 32.2. The number of fused-ring (bicyclic) bond motifs is 3. The van der Waals surface area contributed by atoms with Gasteiger partial charge in [0.25, 0.3) is 21.9 Å². The average molecular weight is 753 g/mol. The van der Waals surface area contributed by atoms with Gasteiger partial charge in [-0.25, -0.2) is 8.78 Å². The van der Waals surface area contributed by atoms with Crippen LogP contribution < -0.4 is 4.90 Å². The van der Waals surface area contributed by atoms with E-state index in [4.69, 9.17) is 0 Å². The largest absolute Gasteiger partial charge is 0.367 e. The fourth-order valence-corrected chi connectivity index (χ4v) is 10.7. The van der Waals surface area contributed by atoms with Crippen LogP contribution in [0, 0.1) is 11.6 Å². The number of nitrogens with zero attached hydrogens (tertiary/aromatic N) is 4. The molecule has 278 valence electrons. The smallest absolute Gasteiger partial charge is 0.269 e. The number of amides is 2. The fraction of sp³-hybridized carbons (Fsp3) is 0.487. The quantitative estimate of drug-likeness (QED) is 0.272. The van der Waals surface area contributed by atoms with Crippen molar-refractivity contribution in [2.24, 2.45) is 0 Å². The van der Waals surface area contributed by atoms with Gasteiger partial charge in [-0.3, -0.25) is 13.8 Å². The van der Waals surface area contributed by atoms with Crippen LogP contribution in [0.15, 0.2) is 71.6 Å². The van der Waals surface area contributed by atoms with Gasteiger partial charge < -0.3 is 19.6 Å². The van der Waals surface area contributed by atoms with Crippen molar-refractivity contribution in [1.29, 1.82) is 0 Å². The number of hydrogen-bond acceptors (Lipinski definition) is 8. The summed E-state index contributed by atoms with van der Waals surface area (Å²) in [5.74, 6) is 0.630. The molecule has 9 nitrogen and oxygen atoms in total. The maximum absolute atomic E-state index is 13.3. The molecule has 5 heterocycles. The predicted octanol–water partition coefficient (Wildman–Crippen LogP) is 6.01. The van der Waals surface area contributed by atoms with Gasteiger partial charge >= 0.3 is 0 Å². The lowest BCUT2D eigenvalue weighted by Gasteiger charge is -2.40. The molecule has 52 heavy (non-hydrogen) atoms. The topological polar surface area (TPSA) is 90.5 Å². The minimum atomic E-state index is -3.61. The normalized spacial score (nSPS) is 24.2. The number of hydrogen-bond donors (Lipinski definition) is 0. The summed E-state index contributed by atoms with van der Waals surface area (Å²) in [6.45, 7) is 5.61. The number of benzene rings is 3. The van der Waals surface area contributed by atoms with Crippen LogP contribution in [0.5, 0.6) is 0 Å². The minimum Gasteiger partial charge on any atom is -0.367 e. The van der Waals surface area contributed by atoms with Gasteiger partial charge in [-0.2, -0.15) is 8.42 Å². The molecule has 3 aromatic rings. The Morgan fingerprint density at radius 1 is 0.788 bits per heavy atom. The number of likely N-dealkylation sites (tertiary alicyclic amines) is 3. The zero-order valence-corrected chi connectivity index (χ0v) is 31.1. The van der Waals surface area contributed by atoms with Crippen molar-refractivity contribution < 1.29 is 31.0 Å². The molecule has 0 radical (unpaired) electrons. The summed E-state index contributed by atoms with van der Waals surface area (Å²) in [5, 5.41) is 0. The van der Waals surface area contributed by atoms with Gasteiger partial charge in [-0.15, -0.1) is 11.8 Å². The van der Waals surface area contributed by atoms with Crippen molar-refractivity contribution in [2.75, 3.05) is 62.8 Å². The summed E-state index contributed by atoms with van der Waals surface area (Å²) in [6.07, 6.45) is 5.93. The summed E-state index contributed by atoms with van der Waals surface area (Å²) in [7, 11) is -2.50. The minimum absolute atomic E-state index is 0.0450. The summed E-state index contributed by atoms with van der Waals surface area (Å²) in [4.78, 5) is 35.7. The predicted molar refractivity (Wildman–Crippen MR) is 198 cm³/mol. The Hall–Kier alpha value is -3.52. The Kier molecular flexibility index (Phi) is 11.2. The maximum Gasteiger partial charge on any atom is 0.269 e. The van der Waals surface area contributed by atoms with Gasteiger partial charge in [0.15, 0.2) is 0 Å². The van der Waals surface area contributed by atoms with Gasteiger partial charge in [0, 0.05) is 79.3 Å². The number of piperidine rings is 1. The van der Waals surface area contributed by atoms with E-state index in [1.807, 2.05) is 16.7 Å². The first-order chi connectivity index (χ1) is 25.1. The molecule has 0 saturated carbocycles. The fourth-order valence-electron chi connectivity index (χ4n) is 8.66. The number of thioether (sulfide) groups is 1. The lowest BCUT2D eigenvalue weighted by atomic mass is 9.88. The van der Waals surface area contributed by atoms with Crippen LogP contribution in [0.1, 0.15) is 70.7 Å². The lowest BCUT2D eigenvalue weighted by Crippen LogP contribution is -2.50. The molecule has 3 aromatic carbocycles. The molecule has 3 fully saturated rings. The molecular weight excluding hydrogens is 707 g/mol. The summed E-state index contributed by atoms with van der Waals surface area (Å²) in [5.41, 5.74) is 4.00. The van der Waals surface area contributed by atoms with E-state index in [0.29, 0.717) is 36.1 Å². The molecule has 13 heteroatoms. The molecule has 5 aliphatic heterocycles. The van der Waals surface area contributed by atoms with Crippen LogP contribution >= 0.6 is 11.8 Å². The molecule has 0 aromatic heterocycles. The van der Waals surface area contributed by atoms with Crippen molar-refractivity contribution in [3.8, 4) is 0 Å². The Morgan fingerprint density at radius 2 is 1.40 bits per heavy atom. The second-order valence-electron chi connectivity index (χ2n) is 14.3. The van der Waals surface area contributed by atoms with Gasteiger partial charge in [0.2, 0.25) is 0 Å². The lowest BCUT2D eigenvalue weighted by molar-refractivity contribution is 0.0680. The number of rotatable bonds is 7. The van der Waals surface area contributed by atoms with Gasteiger partial charge in [-0.1, -0.05) is 12.1 Å². The van der Waals surface area contributed by atoms with E-state index < -0.39 is 22.0 Å². The number of anilines is 1. The highest BCUT2D eigenvalue weighted by Gasteiger charge is 2.44. The monoisotopic (exact) mass is 752 g/mol. The first-order valence-corrected chi connectivity index (χ1v) is 20.8. The van der Waals surface area contributed by atoms with E-state index in [1.165, 1.54) is 82.6 Å². The van der Waals surface area contributed by atoms with Crippen molar-refractivity contribution >= 4 is 39.4 Å². The molecule has 0 aliphatic carbocycles. The van der Waals surface area contributed by atoms with E-state index in [2.05, 4.69) is 32.2 Å². The second-order valence-corrected chi connectivity index (χ2v) is 17.2. The highest BCUT2D eigenvalue weighted by Crippen LogP contribution is 2.50. The molecule has 0 bridgehead atoms. The molecule has 0 unspecified atom stereocenters. The summed E-state index contributed by atoms with van der Waals surface area (Å²) in [6, 6.07) is 18.6. The third-order valence-electron chi connectivity index (χ3n) is 11.2. The van der Waals surface area contributed by atoms with Crippen molar-refractivity contribution in [1.82, 2.24) is 14.7 Å². The maximum atomic E-state index is 13.3. The van der Waals surface area contributed by atoms with Gasteiger partial charge in [0.05, 0.1) is 18.6 Å². The Bertz CT molecular complexity index is 1860. The molecule has 4 atom stereocenters. The molecular formula is C39H46F2N4O5S2. The second kappa shape index (κ2) is 15.8. The zero-order chi connectivity index (χ0) is 36.4. The molecule has 5 aliphatic rings. The molecule has 8 rings (SSSR count). The SMILES string of the molecule is COS(=O)(=O)C[C@H]1CCCN1C(=O)c1ccc(F)cc1.O=C(c1ccc(F)cc1)N1CCC[C@@H]1CN1CC[C@H]2[C@@H](C1)c1cccc3c1N2CCCS3. The van der Waals surface area contributed by atoms with E-state index in [0.717, 1.165) is 52.6 Å². The van der Waals surface area contributed by atoms with E-state index >= 15 is 0 Å². The van der Waals surface area contributed by atoms with E-state index in [9.17, 15) is 26.8 Å². The molecule has 0 N–H and O–H groups in total. The van der Waals surface area contributed by atoms with Crippen molar-refractivity contribution in [3.63, 3.8) is 0 Å². The van der Waals surface area contributed by atoms with Crippen LogP contribution in [0.2, 0.25) is 0 Å². The van der Waals surface area contributed by atoms with Crippen LogP contribution in [0.4, 0.5) is 14.5 Å². The van der Waals surface area contributed by atoms with Gasteiger partial charge in [0.1, 0.15) is 11.6 Å². The zero-order valence-electron chi connectivity index (χ0n) is 29.5. The van der Waals surface area contributed by atoms with Crippen LogP contribution in [0.3, 0.4) is 0 Å². The first-order valence-electron chi connectivity index (χ1n) is 18.3. The van der Waals surface area contributed by atoms with E-state index in [-0.39, 0.29) is 29.4 Å². The number of carbonyl (C=O) groups is 2. The number of para-hydroxylation sites is 1. The third-order valence-corrected chi connectivity index (χ3v) is 13.6. The Labute approximate surface area is 309 Å². The Morgan fingerprint density at radius 3 is 2.04 bits per heavy atom. The average Bonchev–Trinajstić information content (AvgIpc) is 3.84. The van der Waals surface area contributed by atoms with Crippen LogP contribution in [0.25, 0.3) is 0 Å². The molecule has 3 saturated heterocycles. The van der Waals surface area contributed by atoms with Crippen LogP contribution in [-0.4, -0.2) is 111 Å². The summed E-state index contributed by atoms with van der Waals surface area (Å²) >= 11 is 2.02. The van der Waals surface area contributed by atoms with Crippen molar-refractivity contribution in [2.45, 2.75) is 67.5 Å². The van der Waals surface area contributed by atoms with Crippen LogP contribution in [-0.2, 0) is 14.3 Å². The van der Waals surface area contributed by atoms with Crippen molar-refractivity contribution in [3.05, 3.63) is 95.1 Å². The van der Waals surface area contributed by atoms with E-state index in [1.54, 1.807) is 12.1 Å². The standard InChI is InChI=1S/C26H30FN3OS.C13H16FNO4S/c27-19-9-7-18(8-10-19)26(31)29-12-2-4-20(29)16-28-14-11-23-22(17-28)21-5-1-6-24-25(21)30(23)13-3-15-32-24;1-19-20(17,18)9-12-3-2-8-15(12)13(16)10-4-6-11(14)7-5-10/h1,5-10,20,22-23H,2-4,11-17H2;4-7,12H,2-3,8-9H2,1H3/t20-,22+,23+;12-/m11/s1. The third kappa shape index (κ3) is 7.88. The Balaban J connectivity index is 0.000000182. The molecule has 0 spiro atoms. The number of halogens is 2.